The maximum absolute atomic E-state index is 12.6. The molecule has 0 aromatic carbocycles. The summed E-state index contributed by atoms with van der Waals surface area (Å²) in [6.45, 7) is 6.78. The summed E-state index contributed by atoms with van der Waals surface area (Å²) >= 11 is 1.84. The van der Waals surface area contributed by atoms with Crippen LogP contribution in [0, 0.1) is 13.8 Å². The zero-order valence-corrected chi connectivity index (χ0v) is 15.2. The maximum atomic E-state index is 12.6. The fraction of sp³-hybridized carbons (Fsp3) is 0.316. The van der Waals surface area contributed by atoms with Crippen molar-refractivity contribution in [2.75, 3.05) is 6.54 Å². The number of fused-ring (bicyclic) bond motifs is 1. The summed E-state index contributed by atoms with van der Waals surface area (Å²) in [6.07, 6.45) is 4.23. The molecule has 1 aliphatic rings. The van der Waals surface area contributed by atoms with Gasteiger partial charge in [0.25, 0.3) is 5.56 Å². The Morgan fingerprint density at radius 3 is 2.80 bits per heavy atom. The molecule has 3 aromatic heterocycles. The molecule has 6 heteroatoms. The van der Waals surface area contributed by atoms with Crippen molar-refractivity contribution in [2.45, 2.75) is 33.4 Å². The van der Waals surface area contributed by atoms with Gasteiger partial charge in [0.15, 0.2) is 0 Å². The molecule has 1 N–H and O–H groups in total. The van der Waals surface area contributed by atoms with Crippen LogP contribution in [0.15, 0.2) is 35.4 Å². The molecule has 1 aliphatic heterocycles. The van der Waals surface area contributed by atoms with Crippen LogP contribution in [0.1, 0.15) is 26.6 Å². The van der Waals surface area contributed by atoms with Gasteiger partial charge in [0.2, 0.25) is 0 Å². The molecule has 0 saturated heterocycles. The molecular weight excluding hydrogens is 332 g/mol. The minimum Gasteiger partial charge on any atom is -0.306 e. The predicted octanol–water partition coefficient (Wildman–Crippen LogP) is 3.07. The number of pyridine rings is 1. The lowest BCUT2D eigenvalue weighted by molar-refractivity contribution is 0.244. The molecule has 0 spiro atoms. The van der Waals surface area contributed by atoms with Crippen LogP contribution in [0.3, 0.4) is 0 Å². The zero-order chi connectivity index (χ0) is 17.4. The normalized spacial score (nSPS) is 14.5. The van der Waals surface area contributed by atoms with Crippen LogP contribution in [0.4, 0.5) is 0 Å². The molecule has 0 fully saturated rings. The van der Waals surface area contributed by atoms with E-state index in [9.17, 15) is 4.79 Å². The lowest BCUT2D eigenvalue weighted by atomic mass is 10.1. The fourth-order valence-electron chi connectivity index (χ4n) is 3.21. The predicted molar refractivity (Wildman–Crippen MR) is 99.7 cm³/mol. The molecule has 0 unspecified atom stereocenters. The Labute approximate surface area is 150 Å². The Kier molecular flexibility index (Phi) is 4.23. The number of nitrogens with one attached hydrogen (secondary N) is 1. The summed E-state index contributed by atoms with van der Waals surface area (Å²) in [7, 11) is 0. The molecule has 5 nitrogen and oxygen atoms in total. The fourth-order valence-corrected chi connectivity index (χ4v) is 4.31. The molecule has 0 bridgehead atoms. The molecule has 0 amide bonds. The molecule has 25 heavy (non-hydrogen) atoms. The molecule has 3 aromatic rings. The first-order valence-electron chi connectivity index (χ1n) is 8.41. The highest BCUT2D eigenvalue weighted by molar-refractivity contribution is 7.12. The number of thiophene rings is 1. The van der Waals surface area contributed by atoms with E-state index < -0.39 is 0 Å². The lowest BCUT2D eigenvalue weighted by Crippen LogP contribution is -2.35. The van der Waals surface area contributed by atoms with Crippen LogP contribution in [-0.4, -0.2) is 26.4 Å². The van der Waals surface area contributed by atoms with Crippen molar-refractivity contribution >= 4 is 11.3 Å². The summed E-state index contributed by atoms with van der Waals surface area (Å²) in [6, 6.07) is 5.98. The average Bonchev–Trinajstić information content (AvgIpc) is 2.93. The van der Waals surface area contributed by atoms with Crippen LogP contribution >= 0.6 is 11.3 Å². The second-order valence-corrected chi connectivity index (χ2v) is 7.83. The monoisotopic (exact) mass is 352 g/mol. The van der Waals surface area contributed by atoms with Gasteiger partial charge in [-0.25, -0.2) is 4.98 Å². The van der Waals surface area contributed by atoms with Crippen LogP contribution < -0.4 is 5.56 Å². The second-order valence-electron chi connectivity index (χ2n) is 6.49. The first kappa shape index (κ1) is 16.2. The van der Waals surface area contributed by atoms with Gasteiger partial charge in [0, 0.05) is 53.8 Å². The highest BCUT2D eigenvalue weighted by atomic mass is 32.1. The number of rotatable bonds is 3. The largest absolute Gasteiger partial charge is 0.306 e. The molecular formula is C19H20N4OS. The summed E-state index contributed by atoms with van der Waals surface area (Å²) in [4.78, 5) is 29.3. The third-order valence-corrected chi connectivity index (χ3v) is 5.84. The van der Waals surface area contributed by atoms with E-state index in [4.69, 9.17) is 4.98 Å². The number of H-pyrrole nitrogens is 1. The Morgan fingerprint density at radius 2 is 2.08 bits per heavy atom. The van der Waals surface area contributed by atoms with Crippen molar-refractivity contribution < 1.29 is 0 Å². The van der Waals surface area contributed by atoms with Gasteiger partial charge < -0.3 is 4.98 Å². The Hall–Kier alpha value is -2.31. The van der Waals surface area contributed by atoms with Gasteiger partial charge in [-0.05, 0) is 37.6 Å². The molecule has 128 valence electrons. The van der Waals surface area contributed by atoms with E-state index in [0.29, 0.717) is 12.4 Å². The van der Waals surface area contributed by atoms with Crippen LogP contribution in [0.2, 0.25) is 0 Å². The minimum absolute atomic E-state index is 0.0277. The standard InChI is InChI=1S/C19H20N4OS/c1-12-9-15(25-13(12)2)10-23-8-5-17-16(11-23)19(24)22-18(21-17)14-3-6-20-7-4-14/h3-4,6-7,9H,5,8,10-11H2,1-2H3,(H,21,22,24). The van der Waals surface area contributed by atoms with Gasteiger partial charge in [0.1, 0.15) is 5.82 Å². The smallest absolute Gasteiger partial charge is 0.255 e. The quantitative estimate of drug-likeness (QED) is 0.787. The Bertz CT molecular complexity index is 942. The number of aromatic nitrogens is 3. The van der Waals surface area contributed by atoms with Gasteiger partial charge in [-0.3, -0.25) is 14.7 Å². The van der Waals surface area contributed by atoms with E-state index in [1.807, 2.05) is 23.5 Å². The van der Waals surface area contributed by atoms with Crippen molar-refractivity contribution in [1.82, 2.24) is 19.9 Å². The van der Waals surface area contributed by atoms with Crippen molar-refractivity contribution in [3.8, 4) is 11.4 Å². The lowest BCUT2D eigenvalue weighted by Gasteiger charge is -2.27. The number of aryl methyl sites for hydroxylation is 2. The highest BCUT2D eigenvalue weighted by Gasteiger charge is 2.22. The second kappa shape index (κ2) is 6.54. The average molecular weight is 352 g/mol. The molecule has 0 atom stereocenters. The number of aromatic amines is 1. The highest BCUT2D eigenvalue weighted by Crippen LogP contribution is 2.24. The molecule has 0 aliphatic carbocycles. The van der Waals surface area contributed by atoms with Crippen molar-refractivity contribution in [2.24, 2.45) is 0 Å². The van der Waals surface area contributed by atoms with Gasteiger partial charge in [0.05, 0.1) is 11.3 Å². The van der Waals surface area contributed by atoms with Gasteiger partial charge >= 0.3 is 0 Å². The third kappa shape index (κ3) is 3.27. The van der Waals surface area contributed by atoms with E-state index in [1.54, 1.807) is 12.4 Å². The van der Waals surface area contributed by atoms with E-state index in [0.717, 1.165) is 36.3 Å². The van der Waals surface area contributed by atoms with Gasteiger partial charge in [-0.15, -0.1) is 11.3 Å². The number of hydrogen-bond donors (Lipinski definition) is 1. The Morgan fingerprint density at radius 1 is 1.28 bits per heavy atom. The topological polar surface area (TPSA) is 61.9 Å². The SMILES string of the molecule is Cc1cc(CN2CCc3nc(-c4ccncc4)[nH]c(=O)c3C2)sc1C. The number of nitrogens with zero attached hydrogens (tertiary/aromatic N) is 3. The van der Waals surface area contributed by atoms with Gasteiger partial charge in [-0.1, -0.05) is 0 Å². The third-order valence-electron chi connectivity index (χ3n) is 4.70. The summed E-state index contributed by atoms with van der Waals surface area (Å²) in [5, 5.41) is 0. The van der Waals surface area contributed by atoms with Crippen LogP contribution in [-0.2, 0) is 19.5 Å². The van der Waals surface area contributed by atoms with E-state index in [1.165, 1.54) is 15.3 Å². The van der Waals surface area contributed by atoms with Crippen LogP contribution in [0.5, 0.6) is 0 Å². The summed E-state index contributed by atoms with van der Waals surface area (Å²) < 4.78 is 0. The first-order valence-corrected chi connectivity index (χ1v) is 9.22. The van der Waals surface area contributed by atoms with Crippen LogP contribution in [0.25, 0.3) is 11.4 Å². The first-order chi connectivity index (χ1) is 12.1. The molecule has 0 saturated carbocycles. The van der Waals surface area contributed by atoms with E-state index in [2.05, 4.69) is 34.8 Å². The number of hydrogen-bond acceptors (Lipinski definition) is 5. The van der Waals surface area contributed by atoms with Crippen molar-refractivity contribution in [1.29, 1.82) is 0 Å². The Balaban J connectivity index is 1.58. The maximum Gasteiger partial charge on any atom is 0.255 e. The molecule has 0 radical (unpaired) electrons. The van der Waals surface area contributed by atoms with E-state index in [-0.39, 0.29) is 5.56 Å². The molecule has 4 heterocycles. The molecule has 4 rings (SSSR count). The summed E-state index contributed by atoms with van der Waals surface area (Å²) in [5.74, 6) is 0.629. The summed E-state index contributed by atoms with van der Waals surface area (Å²) in [5.41, 5.74) is 3.93. The van der Waals surface area contributed by atoms with Crippen molar-refractivity contribution in [3.63, 3.8) is 0 Å². The van der Waals surface area contributed by atoms with Gasteiger partial charge in [-0.2, -0.15) is 0 Å². The van der Waals surface area contributed by atoms with E-state index >= 15 is 0 Å². The zero-order valence-electron chi connectivity index (χ0n) is 14.4. The minimum atomic E-state index is -0.0277. The van der Waals surface area contributed by atoms with Crippen molar-refractivity contribution in [3.05, 3.63) is 67.5 Å².